The minimum Gasteiger partial charge on any atom is -0.481 e. The predicted octanol–water partition coefficient (Wildman–Crippen LogP) is 1.60. The lowest BCUT2D eigenvalue weighted by Gasteiger charge is -2.26. The number of carboxylic acids is 1. The molecule has 2 aliphatic heterocycles. The number of likely N-dealkylation sites (tertiary alicyclic amines) is 1. The lowest BCUT2D eigenvalue weighted by atomic mass is 9.91. The molecule has 2 fully saturated rings. The van der Waals surface area contributed by atoms with Crippen LogP contribution in [-0.2, 0) is 9.53 Å². The maximum Gasteiger partial charge on any atom is 0.308 e. The summed E-state index contributed by atoms with van der Waals surface area (Å²) in [6, 6.07) is 0. The number of aliphatic carboxylic acids is 1. The first-order valence-corrected chi connectivity index (χ1v) is 6.80. The highest BCUT2D eigenvalue weighted by Gasteiger charge is 2.32. The van der Waals surface area contributed by atoms with Crippen molar-refractivity contribution in [3.63, 3.8) is 0 Å². The Kier molecular flexibility index (Phi) is 4.80. The third-order valence-electron chi connectivity index (χ3n) is 4.00. The standard InChI is InChI=1S/C13H23NO3/c15-13(16)12(11-5-8-17-10-11)9-14-6-3-1-2-4-7-14/h11-12H,1-10H2,(H,15,16). The first kappa shape index (κ1) is 12.8. The fraction of sp³-hybridized carbons (Fsp3) is 0.923. The van der Waals surface area contributed by atoms with Crippen LogP contribution in [-0.4, -0.2) is 48.8 Å². The molecule has 0 amide bonds. The van der Waals surface area contributed by atoms with Gasteiger partial charge >= 0.3 is 5.97 Å². The molecule has 0 aromatic rings. The minimum atomic E-state index is -0.648. The van der Waals surface area contributed by atoms with Gasteiger partial charge in [-0.3, -0.25) is 4.79 Å². The Morgan fingerprint density at radius 3 is 2.53 bits per heavy atom. The molecule has 0 aromatic carbocycles. The third kappa shape index (κ3) is 3.68. The van der Waals surface area contributed by atoms with Gasteiger partial charge in [-0.15, -0.1) is 0 Å². The van der Waals surface area contributed by atoms with Crippen LogP contribution >= 0.6 is 0 Å². The lowest BCUT2D eigenvalue weighted by Crippen LogP contribution is -2.38. The van der Waals surface area contributed by atoms with Gasteiger partial charge in [0.1, 0.15) is 0 Å². The van der Waals surface area contributed by atoms with Crippen LogP contribution in [0, 0.1) is 11.8 Å². The van der Waals surface area contributed by atoms with Gasteiger partial charge in [0.2, 0.25) is 0 Å². The first-order valence-electron chi connectivity index (χ1n) is 6.80. The third-order valence-corrected chi connectivity index (χ3v) is 4.00. The van der Waals surface area contributed by atoms with Gasteiger partial charge in [-0.05, 0) is 38.3 Å². The van der Waals surface area contributed by atoms with Gasteiger partial charge in [-0.1, -0.05) is 12.8 Å². The predicted molar refractivity (Wildman–Crippen MR) is 65.0 cm³/mol. The fourth-order valence-corrected chi connectivity index (χ4v) is 2.90. The van der Waals surface area contributed by atoms with E-state index < -0.39 is 5.97 Å². The SMILES string of the molecule is O=C(O)C(CN1CCCCCC1)C1CCOC1. The van der Waals surface area contributed by atoms with E-state index in [1.807, 2.05) is 0 Å². The summed E-state index contributed by atoms with van der Waals surface area (Å²) >= 11 is 0. The Balaban J connectivity index is 1.89. The second kappa shape index (κ2) is 6.36. The molecule has 1 N–H and O–H groups in total. The second-order valence-electron chi connectivity index (χ2n) is 5.28. The van der Waals surface area contributed by atoms with E-state index in [2.05, 4.69) is 4.90 Å². The summed E-state index contributed by atoms with van der Waals surface area (Å²) < 4.78 is 5.32. The van der Waals surface area contributed by atoms with Gasteiger partial charge in [-0.25, -0.2) is 0 Å². The first-order chi connectivity index (χ1) is 8.27. The molecule has 17 heavy (non-hydrogen) atoms. The van der Waals surface area contributed by atoms with Crippen LogP contribution in [0.3, 0.4) is 0 Å². The highest BCUT2D eigenvalue weighted by atomic mass is 16.5. The summed E-state index contributed by atoms with van der Waals surface area (Å²) in [7, 11) is 0. The molecular formula is C13H23NO3. The molecule has 0 saturated carbocycles. The average molecular weight is 241 g/mol. The maximum atomic E-state index is 11.4. The van der Waals surface area contributed by atoms with Crippen LogP contribution in [0.1, 0.15) is 32.1 Å². The quantitative estimate of drug-likeness (QED) is 0.812. The monoisotopic (exact) mass is 241 g/mol. The fourth-order valence-electron chi connectivity index (χ4n) is 2.90. The molecule has 0 aliphatic carbocycles. The summed E-state index contributed by atoms with van der Waals surface area (Å²) in [4.78, 5) is 13.7. The van der Waals surface area contributed by atoms with Crippen molar-refractivity contribution in [2.45, 2.75) is 32.1 Å². The number of rotatable bonds is 4. The molecule has 2 atom stereocenters. The smallest absolute Gasteiger partial charge is 0.308 e. The van der Waals surface area contributed by atoms with E-state index in [1.165, 1.54) is 25.7 Å². The Hall–Kier alpha value is -0.610. The largest absolute Gasteiger partial charge is 0.481 e. The number of hydrogen-bond acceptors (Lipinski definition) is 3. The number of ether oxygens (including phenoxy) is 1. The van der Waals surface area contributed by atoms with Crippen molar-refractivity contribution < 1.29 is 14.6 Å². The molecule has 2 rings (SSSR count). The van der Waals surface area contributed by atoms with Gasteiger partial charge in [0.05, 0.1) is 12.5 Å². The van der Waals surface area contributed by atoms with Crippen molar-refractivity contribution >= 4 is 5.97 Å². The summed E-state index contributed by atoms with van der Waals surface area (Å²) in [6.07, 6.45) is 5.92. The molecule has 98 valence electrons. The van der Waals surface area contributed by atoms with E-state index in [-0.39, 0.29) is 11.8 Å². The summed E-state index contributed by atoms with van der Waals surface area (Å²) in [6.45, 7) is 4.21. The van der Waals surface area contributed by atoms with E-state index in [9.17, 15) is 9.90 Å². The van der Waals surface area contributed by atoms with Crippen molar-refractivity contribution in [3.05, 3.63) is 0 Å². The van der Waals surface area contributed by atoms with Crippen LogP contribution in [0.25, 0.3) is 0 Å². The van der Waals surface area contributed by atoms with Gasteiger partial charge < -0.3 is 14.7 Å². The normalized spacial score (nSPS) is 28.8. The molecule has 4 heteroatoms. The molecule has 2 aliphatic rings. The van der Waals surface area contributed by atoms with Crippen LogP contribution in [0.15, 0.2) is 0 Å². The van der Waals surface area contributed by atoms with Crippen molar-refractivity contribution in [2.75, 3.05) is 32.8 Å². The average Bonchev–Trinajstić information content (AvgIpc) is 2.70. The number of hydrogen-bond donors (Lipinski definition) is 1. The topological polar surface area (TPSA) is 49.8 Å². The Morgan fingerprint density at radius 1 is 1.29 bits per heavy atom. The summed E-state index contributed by atoms with van der Waals surface area (Å²) in [5.74, 6) is -0.670. The van der Waals surface area contributed by atoms with E-state index in [1.54, 1.807) is 0 Å². The van der Waals surface area contributed by atoms with Crippen molar-refractivity contribution in [2.24, 2.45) is 11.8 Å². The molecule has 2 heterocycles. The van der Waals surface area contributed by atoms with Crippen LogP contribution in [0.5, 0.6) is 0 Å². The zero-order valence-electron chi connectivity index (χ0n) is 10.4. The number of carbonyl (C=O) groups is 1. The van der Waals surface area contributed by atoms with Gasteiger partial charge in [0.25, 0.3) is 0 Å². The summed E-state index contributed by atoms with van der Waals surface area (Å²) in [5.41, 5.74) is 0. The molecule has 0 spiro atoms. The Morgan fingerprint density at radius 2 is 2.00 bits per heavy atom. The molecule has 0 bridgehead atoms. The number of carboxylic acid groups (broad SMARTS) is 1. The van der Waals surface area contributed by atoms with Crippen LogP contribution in [0.4, 0.5) is 0 Å². The van der Waals surface area contributed by atoms with Gasteiger partial charge in [0.15, 0.2) is 0 Å². The van der Waals surface area contributed by atoms with Crippen molar-refractivity contribution in [1.29, 1.82) is 0 Å². The van der Waals surface area contributed by atoms with E-state index >= 15 is 0 Å². The van der Waals surface area contributed by atoms with Crippen molar-refractivity contribution in [3.8, 4) is 0 Å². The second-order valence-corrected chi connectivity index (χ2v) is 5.28. The molecule has 0 radical (unpaired) electrons. The van der Waals surface area contributed by atoms with Crippen LogP contribution in [0.2, 0.25) is 0 Å². The number of nitrogens with zero attached hydrogens (tertiary/aromatic N) is 1. The zero-order valence-corrected chi connectivity index (χ0v) is 10.4. The van der Waals surface area contributed by atoms with E-state index in [4.69, 9.17) is 4.74 Å². The maximum absolute atomic E-state index is 11.4. The summed E-state index contributed by atoms with van der Waals surface area (Å²) in [5, 5.41) is 9.35. The van der Waals surface area contributed by atoms with E-state index in [0.717, 1.165) is 26.1 Å². The van der Waals surface area contributed by atoms with Gasteiger partial charge in [0, 0.05) is 13.2 Å². The molecule has 0 aromatic heterocycles. The van der Waals surface area contributed by atoms with Crippen molar-refractivity contribution in [1.82, 2.24) is 4.90 Å². The highest BCUT2D eigenvalue weighted by Crippen LogP contribution is 2.24. The molecule has 2 unspecified atom stereocenters. The minimum absolute atomic E-state index is 0.218. The Labute approximate surface area is 103 Å². The van der Waals surface area contributed by atoms with Crippen LogP contribution < -0.4 is 0 Å². The molecule has 4 nitrogen and oxygen atoms in total. The lowest BCUT2D eigenvalue weighted by molar-refractivity contribution is -0.144. The highest BCUT2D eigenvalue weighted by molar-refractivity contribution is 5.70. The zero-order chi connectivity index (χ0) is 12.1. The molecule has 2 saturated heterocycles. The Bertz CT molecular complexity index is 243. The van der Waals surface area contributed by atoms with Gasteiger partial charge in [-0.2, -0.15) is 0 Å². The molecular weight excluding hydrogens is 218 g/mol. The van der Waals surface area contributed by atoms with E-state index in [0.29, 0.717) is 13.2 Å².